The van der Waals surface area contributed by atoms with Crippen LogP contribution in [-0.2, 0) is 18.3 Å². The summed E-state index contributed by atoms with van der Waals surface area (Å²) in [5.41, 5.74) is 2.30. The van der Waals surface area contributed by atoms with Crippen molar-refractivity contribution in [3.8, 4) is 22.9 Å². The maximum absolute atomic E-state index is 13.8. The van der Waals surface area contributed by atoms with Crippen molar-refractivity contribution < 1.29 is 19.0 Å². The number of rotatable bonds is 10. The zero-order valence-electron chi connectivity index (χ0n) is 21.0. The molecule has 0 aliphatic carbocycles. The van der Waals surface area contributed by atoms with Gasteiger partial charge in [-0.2, -0.15) is 5.10 Å². The first-order valence-corrected chi connectivity index (χ1v) is 11.6. The van der Waals surface area contributed by atoms with Crippen LogP contribution in [0.15, 0.2) is 54.6 Å². The van der Waals surface area contributed by atoms with Gasteiger partial charge in [-0.3, -0.25) is 4.90 Å². The molecule has 1 atom stereocenters. The Labute approximate surface area is 201 Å². The van der Waals surface area contributed by atoms with Gasteiger partial charge in [0.25, 0.3) is 0 Å². The second kappa shape index (κ2) is 11.1. The van der Waals surface area contributed by atoms with Gasteiger partial charge in [-0.25, -0.2) is 9.07 Å². The summed E-state index contributed by atoms with van der Waals surface area (Å²) in [4.78, 5) is 2.17. The van der Waals surface area contributed by atoms with Gasteiger partial charge >= 0.3 is 0 Å². The third-order valence-electron chi connectivity index (χ3n) is 5.39. The van der Waals surface area contributed by atoms with Crippen LogP contribution in [0.4, 0.5) is 4.39 Å². The van der Waals surface area contributed by atoms with E-state index >= 15 is 0 Å². The average Bonchev–Trinajstić information content (AvgIpc) is 3.07. The molecule has 184 valence electrons. The Kier molecular flexibility index (Phi) is 8.47. The Balaban J connectivity index is 1.94. The molecule has 0 unspecified atom stereocenters. The molecule has 0 spiro atoms. The Morgan fingerprint density at radius 1 is 1.09 bits per heavy atom. The number of aliphatic hydroxyl groups is 1. The van der Waals surface area contributed by atoms with Gasteiger partial charge < -0.3 is 14.6 Å². The molecule has 2 aromatic carbocycles. The van der Waals surface area contributed by atoms with Gasteiger partial charge in [-0.05, 0) is 46.8 Å². The molecule has 0 saturated carbocycles. The number of ether oxygens (including phenoxy) is 2. The molecule has 0 amide bonds. The molecule has 0 fully saturated rings. The minimum atomic E-state index is -0.647. The SMILES string of the molecule is CC(C)N(Cc1c(-c2ccccc2)nn(C)c1Oc1cccc(F)c1)C[C@@H](O)COC(C)(C)C. The molecule has 6 nitrogen and oxygen atoms in total. The monoisotopic (exact) mass is 469 g/mol. The first-order chi connectivity index (χ1) is 16.0. The second-order valence-corrected chi connectivity index (χ2v) is 9.78. The summed E-state index contributed by atoms with van der Waals surface area (Å²) in [5, 5.41) is 15.4. The van der Waals surface area contributed by atoms with E-state index in [2.05, 4.69) is 18.7 Å². The average molecular weight is 470 g/mol. The number of aromatic nitrogens is 2. The van der Waals surface area contributed by atoms with Crippen LogP contribution >= 0.6 is 0 Å². The first kappa shape index (κ1) is 25.9. The number of hydrogen-bond acceptors (Lipinski definition) is 5. The van der Waals surface area contributed by atoms with Gasteiger partial charge in [0.1, 0.15) is 17.3 Å². The van der Waals surface area contributed by atoms with Crippen LogP contribution in [0.1, 0.15) is 40.2 Å². The number of nitrogens with zero attached hydrogens (tertiary/aromatic N) is 3. The lowest BCUT2D eigenvalue weighted by Gasteiger charge is -2.30. The van der Waals surface area contributed by atoms with Crippen LogP contribution in [0.3, 0.4) is 0 Å². The number of hydrogen-bond donors (Lipinski definition) is 1. The highest BCUT2D eigenvalue weighted by molar-refractivity contribution is 5.65. The Morgan fingerprint density at radius 2 is 1.79 bits per heavy atom. The van der Waals surface area contributed by atoms with Crippen molar-refractivity contribution in [3.05, 3.63) is 66.0 Å². The van der Waals surface area contributed by atoms with E-state index in [4.69, 9.17) is 14.6 Å². The van der Waals surface area contributed by atoms with Crippen molar-refractivity contribution in [2.45, 2.75) is 58.9 Å². The maximum atomic E-state index is 13.8. The van der Waals surface area contributed by atoms with Crippen LogP contribution < -0.4 is 4.74 Å². The van der Waals surface area contributed by atoms with Crippen molar-refractivity contribution >= 4 is 0 Å². The molecule has 7 heteroatoms. The van der Waals surface area contributed by atoms with Crippen molar-refractivity contribution in [2.75, 3.05) is 13.2 Å². The van der Waals surface area contributed by atoms with E-state index in [1.54, 1.807) is 16.8 Å². The summed E-state index contributed by atoms with van der Waals surface area (Å²) >= 11 is 0. The van der Waals surface area contributed by atoms with Crippen molar-refractivity contribution in [1.29, 1.82) is 0 Å². The summed E-state index contributed by atoms with van der Waals surface area (Å²) in [6, 6.07) is 16.1. The minimum Gasteiger partial charge on any atom is -0.439 e. The summed E-state index contributed by atoms with van der Waals surface area (Å²) in [7, 11) is 1.82. The molecule has 3 rings (SSSR count). The lowest BCUT2D eigenvalue weighted by Crippen LogP contribution is -2.40. The summed E-state index contributed by atoms with van der Waals surface area (Å²) < 4.78 is 27.4. The summed E-state index contributed by atoms with van der Waals surface area (Å²) in [6.45, 7) is 11.3. The largest absolute Gasteiger partial charge is 0.439 e. The zero-order valence-corrected chi connectivity index (χ0v) is 21.0. The van der Waals surface area contributed by atoms with E-state index in [-0.39, 0.29) is 24.1 Å². The molecular weight excluding hydrogens is 433 g/mol. The van der Waals surface area contributed by atoms with E-state index in [9.17, 15) is 9.50 Å². The van der Waals surface area contributed by atoms with Crippen LogP contribution in [0.5, 0.6) is 11.6 Å². The fourth-order valence-electron chi connectivity index (χ4n) is 3.62. The molecule has 0 aliphatic rings. The van der Waals surface area contributed by atoms with Gasteiger partial charge in [0.15, 0.2) is 0 Å². The van der Waals surface area contributed by atoms with E-state index in [1.165, 1.54) is 12.1 Å². The molecule has 1 N–H and O–H groups in total. The number of aryl methyl sites for hydroxylation is 1. The summed E-state index contributed by atoms with van der Waals surface area (Å²) in [5.74, 6) is 0.574. The van der Waals surface area contributed by atoms with Gasteiger partial charge in [0.05, 0.1) is 23.9 Å². The Morgan fingerprint density at radius 3 is 2.41 bits per heavy atom. The van der Waals surface area contributed by atoms with E-state index in [0.717, 1.165) is 16.8 Å². The lowest BCUT2D eigenvalue weighted by atomic mass is 10.1. The van der Waals surface area contributed by atoms with Crippen molar-refractivity contribution in [2.24, 2.45) is 7.05 Å². The van der Waals surface area contributed by atoms with Gasteiger partial charge in [0.2, 0.25) is 5.88 Å². The number of aliphatic hydroxyl groups excluding tert-OH is 1. The first-order valence-electron chi connectivity index (χ1n) is 11.6. The quantitative estimate of drug-likeness (QED) is 0.431. The van der Waals surface area contributed by atoms with Crippen LogP contribution in [0, 0.1) is 5.82 Å². The number of halogens is 1. The van der Waals surface area contributed by atoms with E-state index < -0.39 is 6.10 Å². The minimum absolute atomic E-state index is 0.148. The third kappa shape index (κ3) is 7.13. The topological polar surface area (TPSA) is 59.8 Å². The van der Waals surface area contributed by atoms with Gasteiger partial charge in [0, 0.05) is 37.8 Å². The van der Waals surface area contributed by atoms with Gasteiger partial charge in [-0.15, -0.1) is 0 Å². The van der Waals surface area contributed by atoms with E-state index in [0.29, 0.717) is 24.7 Å². The normalized spacial score (nSPS) is 13.0. The predicted octanol–water partition coefficient (Wildman–Crippen LogP) is 5.40. The molecule has 0 saturated heterocycles. The van der Waals surface area contributed by atoms with Gasteiger partial charge in [-0.1, -0.05) is 36.4 Å². The predicted molar refractivity (Wildman–Crippen MR) is 132 cm³/mol. The Hall–Kier alpha value is -2.74. The molecule has 34 heavy (non-hydrogen) atoms. The van der Waals surface area contributed by atoms with Crippen LogP contribution in [0.25, 0.3) is 11.3 Å². The highest BCUT2D eigenvalue weighted by Crippen LogP contribution is 2.34. The molecule has 0 aliphatic heterocycles. The highest BCUT2D eigenvalue weighted by atomic mass is 19.1. The number of benzene rings is 2. The van der Waals surface area contributed by atoms with Crippen molar-refractivity contribution in [3.63, 3.8) is 0 Å². The van der Waals surface area contributed by atoms with Crippen LogP contribution in [-0.4, -0.2) is 50.7 Å². The highest BCUT2D eigenvalue weighted by Gasteiger charge is 2.25. The molecule has 1 aromatic heterocycles. The molecule has 0 bridgehead atoms. The molecule has 3 aromatic rings. The standard InChI is InChI=1S/C27H36FN3O3/c1-19(2)31(16-22(32)18-33-27(3,4)5)17-24-25(20-11-8-7-9-12-20)29-30(6)26(24)34-23-14-10-13-21(28)15-23/h7-15,19,22,32H,16-18H2,1-6H3/t22-/m1/s1. The summed E-state index contributed by atoms with van der Waals surface area (Å²) in [6.07, 6.45) is -0.647. The van der Waals surface area contributed by atoms with Crippen molar-refractivity contribution in [1.82, 2.24) is 14.7 Å². The third-order valence-corrected chi connectivity index (χ3v) is 5.39. The van der Waals surface area contributed by atoms with Crippen LogP contribution in [0.2, 0.25) is 0 Å². The van der Waals surface area contributed by atoms with E-state index in [1.807, 2.05) is 58.2 Å². The zero-order chi connectivity index (χ0) is 24.9. The maximum Gasteiger partial charge on any atom is 0.222 e. The Bertz CT molecular complexity index is 1060. The lowest BCUT2D eigenvalue weighted by molar-refractivity contribution is -0.0587. The fraction of sp³-hybridized carbons (Fsp3) is 0.444. The molecule has 1 heterocycles. The molecular formula is C27H36FN3O3. The second-order valence-electron chi connectivity index (χ2n) is 9.78. The molecule has 0 radical (unpaired) electrons. The fourth-order valence-corrected chi connectivity index (χ4v) is 3.62. The smallest absolute Gasteiger partial charge is 0.222 e.